The van der Waals surface area contributed by atoms with Crippen molar-refractivity contribution in [3.8, 4) is 0 Å². The van der Waals surface area contributed by atoms with Crippen molar-refractivity contribution in [3.63, 3.8) is 0 Å². The topological polar surface area (TPSA) is 29.1 Å². The van der Waals surface area contributed by atoms with Crippen molar-refractivity contribution < 1.29 is 13.6 Å². The van der Waals surface area contributed by atoms with E-state index in [1.165, 1.54) is 13.0 Å². The van der Waals surface area contributed by atoms with E-state index in [0.29, 0.717) is 5.92 Å². The summed E-state index contributed by atoms with van der Waals surface area (Å²) in [4.78, 5) is 12.0. The van der Waals surface area contributed by atoms with Gasteiger partial charge in [0.25, 0.3) is 5.91 Å². The predicted molar refractivity (Wildman–Crippen MR) is 73.5 cm³/mol. The van der Waals surface area contributed by atoms with Gasteiger partial charge in [-0.2, -0.15) is 0 Å². The molecule has 2 unspecified atom stereocenters. The quantitative estimate of drug-likeness (QED) is 0.843. The van der Waals surface area contributed by atoms with Gasteiger partial charge in [-0.3, -0.25) is 4.79 Å². The largest absolute Gasteiger partial charge is 0.349 e. The lowest BCUT2D eigenvalue weighted by molar-refractivity contribution is 0.0921. The van der Waals surface area contributed by atoms with Gasteiger partial charge in [0.2, 0.25) is 0 Å². The molecular formula is C14H16BrF2NO. The predicted octanol–water partition coefficient (Wildman–Crippen LogP) is 3.57. The fourth-order valence-electron chi connectivity index (χ4n) is 2.52. The summed E-state index contributed by atoms with van der Waals surface area (Å²) in [6.07, 6.45) is 2.91. The maximum atomic E-state index is 13.9. The van der Waals surface area contributed by atoms with E-state index in [1.807, 2.05) is 0 Å². The molecule has 1 fully saturated rings. The first kappa shape index (κ1) is 14.4. The van der Waals surface area contributed by atoms with Gasteiger partial charge >= 0.3 is 0 Å². The highest BCUT2D eigenvalue weighted by molar-refractivity contribution is 9.09. The third-order valence-electron chi connectivity index (χ3n) is 3.69. The Morgan fingerprint density at radius 1 is 1.42 bits per heavy atom. The van der Waals surface area contributed by atoms with E-state index in [-0.39, 0.29) is 11.6 Å². The Bertz CT molecular complexity index is 493. The molecule has 2 nitrogen and oxygen atoms in total. The minimum absolute atomic E-state index is 0.00816. The molecule has 0 radical (unpaired) electrons. The zero-order valence-corrected chi connectivity index (χ0v) is 12.3. The fraction of sp³-hybridized carbons (Fsp3) is 0.500. The molecule has 2 rings (SSSR count). The molecule has 19 heavy (non-hydrogen) atoms. The van der Waals surface area contributed by atoms with Crippen molar-refractivity contribution in [3.05, 3.63) is 34.9 Å². The Morgan fingerprint density at radius 3 is 2.84 bits per heavy atom. The third-order valence-corrected chi connectivity index (χ3v) is 4.52. The van der Waals surface area contributed by atoms with Crippen LogP contribution in [-0.2, 0) is 0 Å². The van der Waals surface area contributed by atoms with Crippen molar-refractivity contribution in [2.75, 3.05) is 5.33 Å². The fourth-order valence-corrected chi connectivity index (χ4v) is 3.29. The lowest BCUT2D eigenvalue weighted by atomic mass is 10.0. The zero-order chi connectivity index (χ0) is 14.0. The molecule has 2 atom stereocenters. The van der Waals surface area contributed by atoms with E-state index >= 15 is 0 Å². The van der Waals surface area contributed by atoms with Gasteiger partial charge < -0.3 is 5.32 Å². The first-order valence-corrected chi connectivity index (χ1v) is 7.48. The molecule has 1 aliphatic rings. The number of aryl methyl sites for hydroxylation is 1. The van der Waals surface area contributed by atoms with Crippen LogP contribution >= 0.6 is 15.9 Å². The number of halogens is 3. The van der Waals surface area contributed by atoms with Crippen LogP contribution in [0, 0.1) is 24.5 Å². The SMILES string of the molecule is Cc1ccc(F)c(C(=O)NC2CCCC2CBr)c1F. The molecule has 0 aromatic heterocycles. The van der Waals surface area contributed by atoms with E-state index < -0.39 is 23.1 Å². The summed E-state index contributed by atoms with van der Waals surface area (Å²) in [6, 6.07) is 2.45. The van der Waals surface area contributed by atoms with Crippen LogP contribution in [0.2, 0.25) is 0 Å². The van der Waals surface area contributed by atoms with Crippen LogP contribution in [0.1, 0.15) is 35.2 Å². The standard InChI is InChI=1S/C14H16BrF2NO/c1-8-5-6-10(16)12(13(8)17)14(19)18-11-4-2-3-9(11)7-15/h5-6,9,11H,2-4,7H2,1H3,(H,18,19). The Balaban J connectivity index is 2.19. The summed E-state index contributed by atoms with van der Waals surface area (Å²) in [5.74, 6) is -1.91. The average Bonchev–Trinajstić information content (AvgIpc) is 2.81. The smallest absolute Gasteiger partial charge is 0.257 e. The minimum Gasteiger partial charge on any atom is -0.349 e. The highest BCUT2D eigenvalue weighted by atomic mass is 79.9. The Hall–Kier alpha value is -0.970. The van der Waals surface area contributed by atoms with Gasteiger partial charge in [-0.05, 0) is 37.3 Å². The molecule has 1 amide bonds. The lowest BCUT2D eigenvalue weighted by Crippen LogP contribution is -2.38. The van der Waals surface area contributed by atoms with Gasteiger partial charge in [0.1, 0.15) is 17.2 Å². The highest BCUT2D eigenvalue weighted by Crippen LogP contribution is 2.27. The highest BCUT2D eigenvalue weighted by Gasteiger charge is 2.29. The maximum Gasteiger partial charge on any atom is 0.257 e. The summed E-state index contributed by atoms with van der Waals surface area (Å²) >= 11 is 3.40. The summed E-state index contributed by atoms with van der Waals surface area (Å²) in [6.45, 7) is 1.52. The Labute approximate surface area is 119 Å². The number of alkyl halides is 1. The second-order valence-electron chi connectivity index (χ2n) is 4.98. The Morgan fingerprint density at radius 2 is 2.16 bits per heavy atom. The lowest BCUT2D eigenvalue weighted by Gasteiger charge is -2.19. The van der Waals surface area contributed by atoms with Crippen molar-refractivity contribution in [2.45, 2.75) is 32.2 Å². The van der Waals surface area contributed by atoms with Gasteiger partial charge in [-0.1, -0.05) is 28.4 Å². The van der Waals surface area contributed by atoms with Crippen LogP contribution in [0.3, 0.4) is 0 Å². The summed E-state index contributed by atoms with van der Waals surface area (Å²) in [5.41, 5.74) is -0.199. The van der Waals surface area contributed by atoms with Crippen LogP contribution in [0.25, 0.3) is 0 Å². The van der Waals surface area contributed by atoms with Gasteiger partial charge in [0.15, 0.2) is 0 Å². The summed E-state index contributed by atoms with van der Waals surface area (Å²) in [5, 5.41) is 3.54. The minimum atomic E-state index is -0.811. The molecule has 1 saturated carbocycles. The summed E-state index contributed by atoms with van der Waals surface area (Å²) < 4.78 is 27.5. The molecule has 1 aromatic carbocycles. The van der Waals surface area contributed by atoms with Crippen molar-refractivity contribution >= 4 is 21.8 Å². The molecule has 0 bridgehead atoms. The number of amides is 1. The summed E-state index contributed by atoms with van der Waals surface area (Å²) in [7, 11) is 0. The van der Waals surface area contributed by atoms with E-state index in [2.05, 4.69) is 21.2 Å². The van der Waals surface area contributed by atoms with Gasteiger partial charge in [0, 0.05) is 11.4 Å². The molecule has 0 aliphatic heterocycles. The number of hydrogen-bond acceptors (Lipinski definition) is 1. The first-order valence-electron chi connectivity index (χ1n) is 6.36. The second kappa shape index (κ2) is 5.99. The van der Waals surface area contributed by atoms with E-state index in [9.17, 15) is 13.6 Å². The molecule has 5 heteroatoms. The maximum absolute atomic E-state index is 13.9. The van der Waals surface area contributed by atoms with Crippen LogP contribution in [0.15, 0.2) is 12.1 Å². The number of nitrogens with one attached hydrogen (secondary N) is 1. The van der Waals surface area contributed by atoms with Gasteiger partial charge in [-0.25, -0.2) is 8.78 Å². The Kier molecular flexibility index (Phi) is 4.55. The van der Waals surface area contributed by atoms with Crippen molar-refractivity contribution in [1.29, 1.82) is 0 Å². The van der Waals surface area contributed by atoms with Crippen LogP contribution < -0.4 is 5.32 Å². The van der Waals surface area contributed by atoms with Crippen LogP contribution in [0.4, 0.5) is 8.78 Å². The number of benzene rings is 1. The molecule has 104 valence electrons. The number of rotatable bonds is 3. The first-order chi connectivity index (χ1) is 9.04. The zero-order valence-electron chi connectivity index (χ0n) is 10.7. The van der Waals surface area contributed by atoms with E-state index in [4.69, 9.17) is 0 Å². The number of hydrogen-bond donors (Lipinski definition) is 1. The average molecular weight is 332 g/mol. The van der Waals surface area contributed by atoms with E-state index in [1.54, 1.807) is 0 Å². The molecular weight excluding hydrogens is 316 g/mol. The normalized spacial score (nSPS) is 22.5. The monoisotopic (exact) mass is 331 g/mol. The second-order valence-corrected chi connectivity index (χ2v) is 5.63. The third kappa shape index (κ3) is 2.96. The molecule has 1 aliphatic carbocycles. The van der Waals surface area contributed by atoms with Crippen molar-refractivity contribution in [1.82, 2.24) is 5.32 Å². The van der Waals surface area contributed by atoms with Gasteiger partial charge in [0.05, 0.1) is 0 Å². The van der Waals surface area contributed by atoms with Crippen LogP contribution in [-0.4, -0.2) is 17.3 Å². The van der Waals surface area contributed by atoms with E-state index in [0.717, 1.165) is 30.7 Å². The molecule has 0 spiro atoms. The van der Waals surface area contributed by atoms with Crippen LogP contribution in [0.5, 0.6) is 0 Å². The number of carbonyl (C=O) groups excluding carboxylic acids is 1. The molecule has 0 saturated heterocycles. The number of carbonyl (C=O) groups is 1. The van der Waals surface area contributed by atoms with Gasteiger partial charge in [-0.15, -0.1) is 0 Å². The molecule has 0 heterocycles. The molecule has 1 N–H and O–H groups in total. The van der Waals surface area contributed by atoms with Crippen molar-refractivity contribution in [2.24, 2.45) is 5.92 Å². The molecule has 1 aromatic rings.